The molecule has 2 nitrogen and oxygen atoms in total. The number of rotatable bonds is 6. The Morgan fingerprint density at radius 3 is 2.52 bits per heavy atom. The van der Waals surface area contributed by atoms with E-state index in [1.54, 1.807) is 24.3 Å². The van der Waals surface area contributed by atoms with Crippen molar-refractivity contribution in [1.82, 2.24) is 0 Å². The standard InChI is InChI=1S/C16H13BrF2O2/c17-12-8-6-11(7-9-12)14(20)4-2-10-21-15-5-1-3-13(18)16(15)19/h1,3,5-9H,2,4,10H2. The molecular weight excluding hydrogens is 342 g/mol. The molecule has 0 amide bonds. The zero-order chi connectivity index (χ0) is 15.2. The maximum absolute atomic E-state index is 13.3. The Hall–Kier alpha value is -1.75. The van der Waals surface area contributed by atoms with Gasteiger partial charge in [-0.2, -0.15) is 4.39 Å². The molecule has 0 saturated heterocycles. The first kappa shape index (κ1) is 15.6. The van der Waals surface area contributed by atoms with E-state index in [1.165, 1.54) is 12.1 Å². The molecule has 0 aliphatic heterocycles. The van der Waals surface area contributed by atoms with E-state index >= 15 is 0 Å². The second-order valence-electron chi connectivity index (χ2n) is 4.43. The highest BCUT2D eigenvalue weighted by Crippen LogP contribution is 2.19. The van der Waals surface area contributed by atoms with Crippen LogP contribution in [0, 0.1) is 11.6 Å². The molecule has 0 spiro atoms. The lowest BCUT2D eigenvalue weighted by atomic mass is 10.1. The summed E-state index contributed by atoms with van der Waals surface area (Å²) in [7, 11) is 0. The quantitative estimate of drug-likeness (QED) is 0.551. The molecule has 0 radical (unpaired) electrons. The predicted octanol–water partition coefficient (Wildman–Crippen LogP) is 4.77. The van der Waals surface area contributed by atoms with Gasteiger partial charge in [-0.1, -0.05) is 34.1 Å². The first-order valence-corrected chi connectivity index (χ1v) is 7.23. The van der Waals surface area contributed by atoms with Crippen molar-refractivity contribution >= 4 is 21.7 Å². The summed E-state index contributed by atoms with van der Waals surface area (Å²) in [5, 5.41) is 0. The summed E-state index contributed by atoms with van der Waals surface area (Å²) in [6.45, 7) is 0.155. The lowest BCUT2D eigenvalue weighted by molar-refractivity contribution is 0.0973. The van der Waals surface area contributed by atoms with Gasteiger partial charge in [0.2, 0.25) is 5.82 Å². The largest absolute Gasteiger partial charge is 0.490 e. The van der Waals surface area contributed by atoms with Crippen molar-refractivity contribution in [2.45, 2.75) is 12.8 Å². The Bertz CT molecular complexity index is 627. The Labute approximate surface area is 129 Å². The van der Waals surface area contributed by atoms with Gasteiger partial charge >= 0.3 is 0 Å². The molecule has 2 aromatic carbocycles. The number of hydrogen-bond acceptors (Lipinski definition) is 2. The van der Waals surface area contributed by atoms with E-state index < -0.39 is 11.6 Å². The van der Waals surface area contributed by atoms with E-state index in [0.717, 1.165) is 10.5 Å². The smallest absolute Gasteiger partial charge is 0.200 e. The Morgan fingerprint density at radius 1 is 1.10 bits per heavy atom. The third kappa shape index (κ3) is 4.36. The van der Waals surface area contributed by atoms with Gasteiger partial charge in [-0.15, -0.1) is 0 Å². The fourth-order valence-corrected chi connectivity index (χ4v) is 2.05. The van der Waals surface area contributed by atoms with E-state index in [2.05, 4.69) is 15.9 Å². The second kappa shape index (κ2) is 7.31. The minimum Gasteiger partial charge on any atom is -0.490 e. The van der Waals surface area contributed by atoms with E-state index in [1.807, 2.05) is 0 Å². The summed E-state index contributed by atoms with van der Waals surface area (Å²) in [5.74, 6) is -2.09. The van der Waals surface area contributed by atoms with Crippen molar-refractivity contribution in [2.75, 3.05) is 6.61 Å². The van der Waals surface area contributed by atoms with Gasteiger partial charge in [0.15, 0.2) is 17.3 Å². The molecule has 0 aliphatic carbocycles. The van der Waals surface area contributed by atoms with Crippen molar-refractivity contribution in [3.63, 3.8) is 0 Å². The zero-order valence-electron chi connectivity index (χ0n) is 11.1. The fourth-order valence-electron chi connectivity index (χ4n) is 1.79. The van der Waals surface area contributed by atoms with Crippen molar-refractivity contribution in [1.29, 1.82) is 0 Å². The van der Waals surface area contributed by atoms with Crippen molar-refractivity contribution in [2.24, 2.45) is 0 Å². The zero-order valence-corrected chi connectivity index (χ0v) is 12.7. The van der Waals surface area contributed by atoms with E-state index in [4.69, 9.17) is 4.74 Å². The van der Waals surface area contributed by atoms with Crippen LogP contribution in [0.25, 0.3) is 0 Å². The predicted molar refractivity (Wildman–Crippen MR) is 79.6 cm³/mol. The first-order valence-electron chi connectivity index (χ1n) is 6.43. The van der Waals surface area contributed by atoms with Crippen LogP contribution < -0.4 is 4.74 Å². The summed E-state index contributed by atoms with van der Waals surface area (Å²) in [6, 6.07) is 10.8. The van der Waals surface area contributed by atoms with Gasteiger partial charge in [-0.05, 0) is 30.7 Å². The number of halogens is 3. The average Bonchev–Trinajstić information content (AvgIpc) is 2.48. The molecule has 5 heteroatoms. The highest BCUT2D eigenvalue weighted by Gasteiger charge is 2.09. The average molecular weight is 355 g/mol. The topological polar surface area (TPSA) is 26.3 Å². The highest BCUT2D eigenvalue weighted by molar-refractivity contribution is 9.10. The first-order chi connectivity index (χ1) is 10.1. The fraction of sp³-hybridized carbons (Fsp3) is 0.188. The number of Topliss-reactive ketones (excluding diaryl/α,β-unsaturated/α-hetero) is 1. The van der Waals surface area contributed by atoms with Gasteiger partial charge in [0.25, 0.3) is 0 Å². The second-order valence-corrected chi connectivity index (χ2v) is 5.35. The van der Waals surface area contributed by atoms with Crippen LogP contribution in [0.15, 0.2) is 46.9 Å². The lowest BCUT2D eigenvalue weighted by Gasteiger charge is -2.07. The summed E-state index contributed by atoms with van der Waals surface area (Å²) in [6.07, 6.45) is 0.726. The molecule has 110 valence electrons. The van der Waals surface area contributed by atoms with Gasteiger partial charge in [-0.3, -0.25) is 4.79 Å². The molecule has 2 rings (SSSR count). The summed E-state index contributed by atoms with van der Waals surface area (Å²) >= 11 is 3.30. The SMILES string of the molecule is O=C(CCCOc1cccc(F)c1F)c1ccc(Br)cc1. The third-order valence-electron chi connectivity index (χ3n) is 2.89. The van der Waals surface area contributed by atoms with Gasteiger partial charge in [0, 0.05) is 16.5 Å². The van der Waals surface area contributed by atoms with Gasteiger partial charge in [-0.25, -0.2) is 4.39 Å². The summed E-state index contributed by atoms with van der Waals surface area (Å²) in [4.78, 5) is 11.9. The van der Waals surface area contributed by atoms with E-state index in [-0.39, 0.29) is 18.1 Å². The molecule has 0 aromatic heterocycles. The molecule has 0 bridgehead atoms. The molecule has 0 fully saturated rings. The van der Waals surface area contributed by atoms with Gasteiger partial charge < -0.3 is 4.74 Å². The molecule has 2 aromatic rings. The number of ether oxygens (including phenoxy) is 1. The number of ketones is 1. The molecule has 21 heavy (non-hydrogen) atoms. The Morgan fingerprint density at radius 2 is 1.81 bits per heavy atom. The van der Waals surface area contributed by atoms with Gasteiger partial charge in [0.05, 0.1) is 6.61 Å². The van der Waals surface area contributed by atoms with Crippen LogP contribution in [0.5, 0.6) is 5.75 Å². The monoisotopic (exact) mass is 354 g/mol. The van der Waals surface area contributed by atoms with Crippen LogP contribution >= 0.6 is 15.9 Å². The molecular formula is C16H13BrF2O2. The Kier molecular flexibility index (Phi) is 5.44. The van der Waals surface area contributed by atoms with Crippen LogP contribution in [0.2, 0.25) is 0 Å². The van der Waals surface area contributed by atoms with Gasteiger partial charge in [0.1, 0.15) is 0 Å². The molecule has 0 atom stereocenters. The minimum atomic E-state index is -1.00. The normalized spacial score (nSPS) is 10.4. The number of carbonyl (C=O) groups is 1. The highest BCUT2D eigenvalue weighted by atomic mass is 79.9. The number of hydrogen-bond donors (Lipinski definition) is 0. The van der Waals surface area contributed by atoms with Crippen molar-refractivity contribution in [3.8, 4) is 5.75 Å². The van der Waals surface area contributed by atoms with Crippen LogP contribution in [-0.4, -0.2) is 12.4 Å². The number of benzene rings is 2. The summed E-state index contributed by atoms with van der Waals surface area (Å²) < 4.78 is 32.3. The van der Waals surface area contributed by atoms with E-state index in [0.29, 0.717) is 18.4 Å². The molecule has 0 saturated carbocycles. The molecule has 0 N–H and O–H groups in total. The third-order valence-corrected chi connectivity index (χ3v) is 3.42. The maximum atomic E-state index is 13.3. The molecule has 0 unspecified atom stereocenters. The summed E-state index contributed by atoms with van der Waals surface area (Å²) in [5.41, 5.74) is 0.620. The van der Waals surface area contributed by atoms with Crippen LogP contribution in [-0.2, 0) is 0 Å². The lowest BCUT2D eigenvalue weighted by Crippen LogP contribution is -2.05. The van der Waals surface area contributed by atoms with Crippen molar-refractivity contribution in [3.05, 3.63) is 64.1 Å². The van der Waals surface area contributed by atoms with Crippen molar-refractivity contribution < 1.29 is 18.3 Å². The maximum Gasteiger partial charge on any atom is 0.200 e. The minimum absolute atomic E-state index is 0.00851. The molecule has 0 heterocycles. The molecule has 0 aliphatic rings. The van der Waals surface area contributed by atoms with Crippen LogP contribution in [0.1, 0.15) is 23.2 Å². The van der Waals surface area contributed by atoms with Crippen LogP contribution in [0.4, 0.5) is 8.78 Å². The number of carbonyl (C=O) groups excluding carboxylic acids is 1. The van der Waals surface area contributed by atoms with Crippen LogP contribution in [0.3, 0.4) is 0 Å². The Balaban J connectivity index is 1.80. The van der Waals surface area contributed by atoms with E-state index in [9.17, 15) is 13.6 Å².